The molecule has 2 rings (SSSR count). The van der Waals surface area contributed by atoms with Gasteiger partial charge < -0.3 is 15.6 Å². The highest BCUT2D eigenvalue weighted by molar-refractivity contribution is 5.71. The van der Waals surface area contributed by atoms with Crippen molar-refractivity contribution >= 4 is 6.03 Å². The van der Waals surface area contributed by atoms with Crippen LogP contribution in [0.2, 0.25) is 0 Å². The first-order valence-corrected chi connectivity index (χ1v) is 6.40. The summed E-state index contributed by atoms with van der Waals surface area (Å²) in [5, 5.41) is 6.37. The van der Waals surface area contributed by atoms with Gasteiger partial charge in [-0.3, -0.25) is 0 Å². The minimum atomic E-state index is -0.613. The maximum absolute atomic E-state index is 10.8. The number of aryl methyl sites for hydroxylation is 2. The molecule has 0 aliphatic heterocycles. The van der Waals surface area contributed by atoms with Gasteiger partial charge in [0.25, 0.3) is 0 Å². The van der Waals surface area contributed by atoms with Gasteiger partial charge in [-0.2, -0.15) is 4.98 Å². The number of rotatable bonds is 4. The highest BCUT2D eigenvalue weighted by Gasteiger charge is 2.15. The molecule has 0 saturated carbocycles. The molecule has 0 aliphatic rings. The topological polar surface area (TPSA) is 94.0 Å². The Kier molecular flexibility index (Phi) is 4.02. The second-order valence-corrected chi connectivity index (χ2v) is 4.88. The van der Waals surface area contributed by atoms with E-state index in [0.29, 0.717) is 18.1 Å². The Morgan fingerprint density at radius 2 is 2.20 bits per heavy atom. The summed E-state index contributed by atoms with van der Waals surface area (Å²) >= 11 is 0. The lowest BCUT2D eigenvalue weighted by Gasteiger charge is -2.06. The highest BCUT2D eigenvalue weighted by Crippen LogP contribution is 2.16. The Morgan fingerprint density at radius 3 is 2.90 bits per heavy atom. The number of amides is 2. The second-order valence-electron chi connectivity index (χ2n) is 4.88. The number of urea groups is 1. The molecule has 1 heterocycles. The van der Waals surface area contributed by atoms with Gasteiger partial charge in [0, 0.05) is 0 Å². The molecule has 2 aromatic rings. The quantitative estimate of drug-likeness (QED) is 0.891. The van der Waals surface area contributed by atoms with Crippen LogP contribution in [0.25, 0.3) is 0 Å². The predicted octanol–water partition coefficient (Wildman–Crippen LogP) is 2.01. The van der Waals surface area contributed by atoms with Crippen LogP contribution in [0.4, 0.5) is 4.79 Å². The van der Waals surface area contributed by atoms with E-state index in [1.165, 1.54) is 11.1 Å². The van der Waals surface area contributed by atoms with Crippen LogP contribution in [0, 0.1) is 13.8 Å². The van der Waals surface area contributed by atoms with E-state index < -0.39 is 6.03 Å². The molecule has 1 unspecified atom stereocenters. The van der Waals surface area contributed by atoms with Crippen LogP contribution in [-0.4, -0.2) is 16.2 Å². The van der Waals surface area contributed by atoms with Crippen molar-refractivity contribution in [2.75, 3.05) is 0 Å². The zero-order valence-corrected chi connectivity index (χ0v) is 11.8. The molecule has 20 heavy (non-hydrogen) atoms. The van der Waals surface area contributed by atoms with E-state index in [9.17, 15) is 4.79 Å². The van der Waals surface area contributed by atoms with Crippen LogP contribution >= 0.6 is 0 Å². The molecule has 3 N–H and O–H groups in total. The molecule has 1 aromatic carbocycles. The third-order valence-corrected chi connectivity index (χ3v) is 3.08. The Morgan fingerprint density at radius 1 is 1.45 bits per heavy atom. The van der Waals surface area contributed by atoms with Crippen molar-refractivity contribution < 1.29 is 9.32 Å². The van der Waals surface area contributed by atoms with Crippen LogP contribution < -0.4 is 11.1 Å². The summed E-state index contributed by atoms with van der Waals surface area (Å²) in [6, 6.07) is 5.25. The van der Waals surface area contributed by atoms with E-state index in [1.807, 2.05) is 13.8 Å². The Bertz CT molecular complexity index is 621. The van der Waals surface area contributed by atoms with Crippen LogP contribution in [0.15, 0.2) is 22.7 Å². The average Bonchev–Trinajstić information content (AvgIpc) is 2.82. The third kappa shape index (κ3) is 3.34. The van der Waals surface area contributed by atoms with Crippen LogP contribution in [0.5, 0.6) is 0 Å². The zero-order valence-electron chi connectivity index (χ0n) is 11.8. The number of nitrogens with one attached hydrogen (secondary N) is 1. The second kappa shape index (κ2) is 5.73. The molecule has 0 bridgehead atoms. The number of carbonyl (C=O) groups excluding carboxylic acids is 1. The lowest BCUT2D eigenvalue weighted by Crippen LogP contribution is -2.32. The molecular weight excluding hydrogens is 256 g/mol. The van der Waals surface area contributed by atoms with E-state index in [4.69, 9.17) is 10.3 Å². The Balaban J connectivity index is 2.13. The normalized spacial score (nSPS) is 12.2. The van der Waals surface area contributed by atoms with Gasteiger partial charge in [-0.15, -0.1) is 0 Å². The van der Waals surface area contributed by atoms with Gasteiger partial charge in [0.15, 0.2) is 5.82 Å². The number of hydrogen-bond acceptors (Lipinski definition) is 4. The molecule has 0 fully saturated rings. The van der Waals surface area contributed by atoms with Gasteiger partial charge in [-0.1, -0.05) is 28.9 Å². The summed E-state index contributed by atoms with van der Waals surface area (Å²) in [5.74, 6) is 0.941. The van der Waals surface area contributed by atoms with Crippen molar-refractivity contribution in [2.24, 2.45) is 5.73 Å². The maximum Gasteiger partial charge on any atom is 0.312 e. The first kappa shape index (κ1) is 14.0. The van der Waals surface area contributed by atoms with E-state index >= 15 is 0 Å². The fourth-order valence-electron chi connectivity index (χ4n) is 1.95. The highest BCUT2D eigenvalue weighted by atomic mass is 16.5. The van der Waals surface area contributed by atoms with Crippen LogP contribution in [0.1, 0.15) is 41.4 Å². The minimum absolute atomic E-state index is 0.372. The average molecular weight is 274 g/mol. The fourth-order valence-corrected chi connectivity index (χ4v) is 1.95. The molecule has 0 spiro atoms. The number of primary amides is 1. The van der Waals surface area contributed by atoms with Gasteiger partial charge in [0.2, 0.25) is 5.89 Å². The van der Waals surface area contributed by atoms with Crippen LogP contribution in [0.3, 0.4) is 0 Å². The summed E-state index contributed by atoms with van der Waals surface area (Å²) < 4.78 is 5.21. The summed E-state index contributed by atoms with van der Waals surface area (Å²) in [7, 11) is 0. The lowest BCUT2D eigenvalue weighted by molar-refractivity contribution is 0.245. The summed E-state index contributed by atoms with van der Waals surface area (Å²) in [4.78, 5) is 15.1. The van der Waals surface area contributed by atoms with Crippen molar-refractivity contribution in [1.82, 2.24) is 15.5 Å². The standard InChI is InChI=1S/C14H18N4O2/c1-8-4-5-9(2)11(6-8)7-12-17-13(18-20-12)10(3)16-14(15)19/h4-6,10H,7H2,1-3H3,(H3,15,16,19). The molecule has 6 heteroatoms. The molecular formula is C14H18N4O2. The van der Waals surface area contributed by atoms with Gasteiger partial charge in [0.05, 0.1) is 12.5 Å². The van der Waals surface area contributed by atoms with E-state index in [2.05, 4.69) is 33.7 Å². The van der Waals surface area contributed by atoms with Crippen molar-refractivity contribution in [1.29, 1.82) is 0 Å². The summed E-state index contributed by atoms with van der Waals surface area (Å²) in [5.41, 5.74) is 8.58. The molecule has 1 atom stereocenters. The molecule has 106 valence electrons. The molecule has 2 amide bonds. The molecule has 0 radical (unpaired) electrons. The molecule has 0 aliphatic carbocycles. The smallest absolute Gasteiger partial charge is 0.312 e. The third-order valence-electron chi connectivity index (χ3n) is 3.08. The van der Waals surface area contributed by atoms with Gasteiger partial charge in [0.1, 0.15) is 0 Å². The van der Waals surface area contributed by atoms with Gasteiger partial charge >= 0.3 is 6.03 Å². The Labute approximate surface area is 117 Å². The fraction of sp³-hybridized carbons (Fsp3) is 0.357. The number of carbonyl (C=O) groups is 1. The van der Waals surface area contributed by atoms with E-state index in [1.54, 1.807) is 6.92 Å². The monoisotopic (exact) mass is 274 g/mol. The molecule has 0 saturated heterocycles. The first-order valence-electron chi connectivity index (χ1n) is 6.40. The largest absolute Gasteiger partial charge is 0.352 e. The number of nitrogens with zero attached hydrogens (tertiary/aromatic N) is 2. The summed E-state index contributed by atoms with van der Waals surface area (Å²) in [6.45, 7) is 5.83. The maximum atomic E-state index is 10.8. The SMILES string of the molecule is Cc1ccc(C)c(Cc2nc(C(C)NC(N)=O)no2)c1. The number of benzene rings is 1. The summed E-state index contributed by atoms with van der Waals surface area (Å²) in [6.07, 6.45) is 0.573. The van der Waals surface area contributed by atoms with Crippen molar-refractivity contribution in [3.63, 3.8) is 0 Å². The molecule has 1 aromatic heterocycles. The van der Waals surface area contributed by atoms with Crippen molar-refractivity contribution in [3.8, 4) is 0 Å². The van der Waals surface area contributed by atoms with Crippen LogP contribution in [-0.2, 0) is 6.42 Å². The van der Waals surface area contributed by atoms with Gasteiger partial charge in [-0.25, -0.2) is 4.79 Å². The van der Waals surface area contributed by atoms with E-state index in [0.717, 1.165) is 5.56 Å². The van der Waals surface area contributed by atoms with Crippen molar-refractivity contribution in [2.45, 2.75) is 33.2 Å². The predicted molar refractivity (Wildman–Crippen MR) is 74.2 cm³/mol. The zero-order chi connectivity index (χ0) is 14.7. The number of aromatic nitrogens is 2. The minimum Gasteiger partial charge on any atom is -0.352 e. The lowest BCUT2D eigenvalue weighted by atomic mass is 10.0. The number of hydrogen-bond donors (Lipinski definition) is 2. The molecule has 6 nitrogen and oxygen atoms in total. The first-order chi connectivity index (χ1) is 9.45. The van der Waals surface area contributed by atoms with E-state index in [-0.39, 0.29) is 6.04 Å². The Hall–Kier alpha value is -2.37. The van der Waals surface area contributed by atoms with Crippen molar-refractivity contribution in [3.05, 3.63) is 46.6 Å². The number of nitrogens with two attached hydrogens (primary N) is 1. The van der Waals surface area contributed by atoms with Gasteiger partial charge in [-0.05, 0) is 31.9 Å².